The van der Waals surface area contributed by atoms with E-state index < -0.39 is 0 Å². The van der Waals surface area contributed by atoms with E-state index in [-0.39, 0.29) is 11.9 Å². The lowest BCUT2D eigenvalue weighted by Gasteiger charge is -2.31. The molecular formula is C17H21N3O2. The van der Waals surface area contributed by atoms with Crippen LogP contribution in [0.4, 0.5) is 0 Å². The molecule has 1 fully saturated rings. The molecule has 5 nitrogen and oxygen atoms in total. The zero-order valence-electron chi connectivity index (χ0n) is 12.8. The largest absolute Gasteiger partial charge is 0.360 e. The van der Waals surface area contributed by atoms with Gasteiger partial charge in [-0.3, -0.25) is 9.69 Å². The molecule has 1 N–H and O–H groups in total. The number of rotatable bonds is 4. The Hall–Kier alpha value is -2.14. The first-order valence-corrected chi connectivity index (χ1v) is 7.71. The maximum Gasteiger partial charge on any atom is 0.251 e. The lowest BCUT2D eigenvalue weighted by molar-refractivity contribution is 0.0905. The Morgan fingerprint density at radius 3 is 2.68 bits per heavy atom. The summed E-state index contributed by atoms with van der Waals surface area (Å²) in [6.07, 6.45) is 1.93. The van der Waals surface area contributed by atoms with Crippen molar-refractivity contribution in [2.45, 2.75) is 32.4 Å². The highest BCUT2D eigenvalue weighted by Crippen LogP contribution is 2.15. The number of nitrogens with zero attached hydrogens (tertiary/aromatic N) is 2. The van der Waals surface area contributed by atoms with E-state index in [4.69, 9.17) is 4.52 Å². The molecule has 5 heteroatoms. The molecule has 1 aromatic carbocycles. The van der Waals surface area contributed by atoms with Gasteiger partial charge < -0.3 is 9.84 Å². The van der Waals surface area contributed by atoms with Crippen LogP contribution >= 0.6 is 0 Å². The molecule has 0 spiro atoms. The molecule has 0 bridgehead atoms. The zero-order chi connectivity index (χ0) is 15.4. The second kappa shape index (κ2) is 6.75. The van der Waals surface area contributed by atoms with Gasteiger partial charge in [-0.15, -0.1) is 0 Å². The normalized spacial score (nSPS) is 16.6. The number of aryl methyl sites for hydroxylation is 1. The van der Waals surface area contributed by atoms with Gasteiger partial charge in [0.15, 0.2) is 5.76 Å². The van der Waals surface area contributed by atoms with Crippen molar-refractivity contribution in [3.8, 4) is 0 Å². The van der Waals surface area contributed by atoms with Crippen LogP contribution in [-0.2, 0) is 6.54 Å². The van der Waals surface area contributed by atoms with Crippen LogP contribution in [-0.4, -0.2) is 35.1 Å². The molecule has 0 unspecified atom stereocenters. The Balaban J connectivity index is 1.46. The number of aromatic nitrogens is 1. The molecule has 1 amide bonds. The van der Waals surface area contributed by atoms with Crippen LogP contribution in [0, 0.1) is 6.92 Å². The van der Waals surface area contributed by atoms with Crippen LogP contribution in [0.2, 0.25) is 0 Å². The Bertz CT molecular complexity index is 616. The first kappa shape index (κ1) is 14.8. The number of piperidine rings is 1. The first-order valence-electron chi connectivity index (χ1n) is 7.71. The number of nitrogens with one attached hydrogen (secondary N) is 1. The van der Waals surface area contributed by atoms with Gasteiger partial charge in [0.2, 0.25) is 0 Å². The third-order valence-corrected chi connectivity index (χ3v) is 4.01. The van der Waals surface area contributed by atoms with Gasteiger partial charge in [-0.1, -0.05) is 23.4 Å². The molecule has 1 aliphatic rings. The van der Waals surface area contributed by atoms with Gasteiger partial charge in [0.05, 0.1) is 12.2 Å². The summed E-state index contributed by atoms with van der Waals surface area (Å²) in [5.41, 5.74) is 1.64. The Labute approximate surface area is 130 Å². The minimum absolute atomic E-state index is 0.0184. The van der Waals surface area contributed by atoms with E-state index >= 15 is 0 Å². The maximum atomic E-state index is 12.1. The standard InChI is InChI=1S/C17H21N3O2/c1-13-11-16(22-19-13)12-20-9-7-15(8-10-20)18-17(21)14-5-3-2-4-6-14/h2-6,11,15H,7-10,12H2,1H3,(H,18,21). The third-order valence-electron chi connectivity index (χ3n) is 4.01. The number of carbonyl (C=O) groups is 1. The molecule has 3 rings (SSSR count). The predicted octanol–water partition coefficient (Wildman–Crippen LogP) is 2.38. The van der Waals surface area contributed by atoms with E-state index in [1.54, 1.807) is 0 Å². The number of amides is 1. The molecule has 0 atom stereocenters. The van der Waals surface area contributed by atoms with Gasteiger partial charge in [0, 0.05) is 30.8 Å². The average Bonchev–Trinajstić information content (AvgIpc) is 2.95. The number of hydrogen-bond acceptors (Lipinski definition) is 4. The van der Waals surface area contributed by atoms with E-state index in [2.05, 4.69) is 15.4 Å². The van der Waals surface area contributed by atoms with E-state index in [1.807, 2.05) is 43.3 Å². The summed E-state index contributed by atoms with van der Waals surface area (Å²) >= 11 is 0. The minimum atomic E-state index is 0.0184. The van der Waals surface area contributed by atoms with Crippen molar-refractivity contribution in [1.29, 1.82) is 0 Å². The number of likely N-dealkylation sites (tertiary alicyclic amines) is 1. The van der Waals surface area contributed by atoms with Crippen molar-refractivity contribution in [1.82, 2.24) is 15.4 Å². The van der Waals surface area contributed by atoms with Crippen molar-refractivity contribution in [3.63, 3.8) is 0 Å². The number of benzene rings is 1. The summed E-state index contributed by atoms with van der Waals surface area (Å²) in [6.45, 7) is 4.64. The van der Waals surface area contributed by atoms with Crippen LogP contribution in [0.15, 0.2) is 40.9 Å². The van der Waals surface area contributed by atoms with Crippen LogP contribution in [0.3, 0.4) is 0 Å². The fourth-order valence-electron chi connectivity index (χ4n) is 2.80. The van der Waals surface area contributed by atoms with Crippen LogP contribution in [0.5, 0.6) is 0 Å². The molecule has 0 saturated carbocycles. The van der Waals surface area contributed by atoms with Crippen LogP contribution in [0.1, 0.15) is 34.7 Å². The first-order chi connectivity index (χ1) is 10.7. The third kappa shape index (κ3) is 3.74. The summed E-state index contributed by atoms with van der Waals surface area (Å²) < 4.78 is 5.25. The predicted molar refractivity (Wildman–Crippen MR) is 83.4 cm³/mol. The number of carbonyl (C=O) groups excluding carboxylic acids is 1. The van der Waals surface area contributed by atoms with E-state index in [0.717, 1.165) is 49.5 Å². The summed E-state index contributed by atoms with van der Waals surface area (Å²) in [7, 11) is 0. The molecule has 1 aromatic heterocycles. The number of hydrogen-bond donors (Lipinski definition) is 1. The molecular weight excluding hydrogens is 278 g/mol. The van der Waals surface area contributed by atoms with E-state index in [1.165, 1.54) is 0 Å². The van der Waals surface area contributed by atoms with Crippen molar-refractivity contribution in [2.75, 3.05) is 13.1 Å². The summed E-state index contributed by atoms with van der Waals surface area (Å²) in [4.78, 5) is 14.5. The molecule has 2 heterocycles. The van der Waals surface area contributed by atoms with E-state index in [9.17, 15) is 4.79 Å². The fraction of sp³-hybridized carbons (Fsp3) is 0.412. The highest BCUT2D eigenvalue weighted by Gasteiger charge is 2.21. The monoisotopic (exact) mass is 299 g/mol. The minimum Gasteiger partial charge on any atom is -0.360 e. The van der Waals surface area contributed by atoms with Crippen molar-refractivity contribution in [2.24, 2.45) is 0 Å². The molecule has 1 saturated heterocycles. The second-order valence-electron chi connectivity index (χ2n) is 5.82. The lowest BCUT2D eigenvalue weighted by Crippen LogP contribution is -2.44. The highest BCUT2D eigenvalue weighted by molar-refractivity contribution is 5.94. The molecule has 116 valence electrons. The van der Waals surface area contributed by atoms with Crippen LogP contribution in [0.25, 0.3) is 0 Å². The molecule has 0 radical (unpaired) electrons. The molecule has 22 heavy (non-hydrogen) atoms. The smallest absolute Gasteiger partial charge is 0.251 e. The quantitative estimate of drug-likeness (QED) is 0.941. The van der Waals surface area contributed by atoms with Crippen molar-refractivity contribution in [3.05, 3.63) is 53.4 Å². The summed E-state index contributed by atoms with van der Waals surface area (Å²) in [6, 6.07) is 11.6. The molecule has 2 aromatic rings. The average molecular weight is 299 g/mol. The van der Waals surface area contributed by atoms with Crippen molar-refractivity contribution < 1.29 is 9.32 Å². The Kier molecular flexibility index (Phi) is 4.53. The Morgan fingerprint density at radius 2 is 2.05 bits per heavy atom. The SMILES string of the molecule is Cc1cc(CN2CCC(NC(=O)c3ccccc3)CC2)on1. The molecule has 0 aliphatic carbocycles. The van der Waals surface area contributed by atoms with Gasteiger partial charge in [-0.2, -0.15) is 0 Å². The van der Waals surface area contributed by atoms with Gasteiger partial charge in [-0.05, 0) is 31.9 Å². The molecule has 1 aliphatic heterocycles. The van der Waals surface area contributed by atoms with Crippen LogP contribution < -0.4 is 5.32 Å². The van der Waals surface area contributed by atoms with Gasteiger partial charge >= 0.3 is 0 Å². The second-order valence-corrected chi connectivity index (χ2v) is 5.82. The topological polar surface area (TPSA) is 58.4 Å². The fourth-order valence-corrected chi connectivity index (χ4v) is 2.80. The van der Waals surface area contributed by atoms with Gasteiger partial charge in [0.1, 0.15) is 0 Å². The zero-order valence-corrected chi connectivity index (χ0v) is 12.8. The Morgan fingerprint density at radius 1 is 1.32 bits per heavy atom. The summed E-state index contributed by atoms with van der Waals surface area (Å²) in [5, 5.41) is 7.03. The maximum absolute atomic E-state index is 12.1. The summed E-state index contributed by atoms with van der Waals surface area (Å²) in [5.74, 6) is 0.925. The van der Waals surface area contributed by atoms with Gasteiger partial charge in [-0.25, -0.2) is 0 Å². The lowest BCUT2D eigenvalue weighted by atomic mass is 10.0. The highest BCUT2D eigenvalue weighted by atomic mass is 16.5. The van der Waals surface area contributed by atoms with Gasteiger partial charge in [0.25, 0.3) is 5.91 Å². The van der Waals surface area contributed by atoms with E-state index in [0.29, 0.717) is 0 Å². The van der Waals surface area contributed by atoms with Crippen molar-refractivity contribution >= 4 is 5.91 Å².